The SMILES string of the molecule is CCSCCC(=O)Nc1ccc(CC)c([N+](=O)[O-])c1. The number of nitrogens with zero attached hydrogens (tertiary/aromatic N) is 1. The van der Waals surface area contributed by atoms with E-state index in [9.17, 15) is 14.9 Å². The summed E-state index contributed by atoms with van der Waals surface area (Å²) in [6.45, 7) is 3.90. The summed E-state index contributed by atoms with van der Waals surface area (Å²) in [5, 5.41) is 13.6. The molecule has 0 bridgehead atoms. The predicted octanol–water partition coefficient (Wildman–Crippen LogP) is 3.24. The van der Waals surface area contributed by atoms with Crippen molar-refractivity contribution in [1.29, 1.82) is 0 Å². The molecule has 1 amide bonds. The normalized spacial score (nSPS) is 10.2. The van der Waals surface area contributed by atoms with Gasteiger partial charge >= 0.3 is 0 Å². The smallest absolute Gasteiger partial charge is 0.274 e. The number of thioether (sulfide) groups is 1. The molecular formula is C13H18N2O3S. The van der Waals surface area contributed by atoms with Crippen LogP contribution in [0.4, 0.5) is 11.4 Å². The van der Waals surface area contributed by atoms with Crippen LogP contribution < -0.4 is 5.32 Å². The quantitative estimate of drug-likeness (QED) is 0.473. The molecule has 6 heteroatoms. The molecule has 19 heavy (non-hydrogen) atoms. The van der Waals surface area contributed by atoms with Crippen molar-refractivity contribution in [3.05, 3.63) is 33.9 Å². The molecule has 0 aromatic heterocycles. The maximum atomic E-state index is 11.6. The van der Waals surface area contributed by atoms with Crippen LogP contribution in [-0.2, 0) is 11.2 Å². The number of nitro benzene ring substituents is 1. The molecule has 1 aromatic carbocycles. The lowest BCUT2D eigenvalue weighted by molar-refractivity contribution is -0.385. The monoisotopic (exact) mass is 282 g/mol. The highest BCUT2D eigenvalue weighted by molar-refractivity contribution is 7.99. The average molecular weight is 282 g/mol. The Morgan fingerprint density at radius 2 is 2.16 bits per heavy atom. The molecule has 0 saturated carbocycles. The van der Waals surface area contributed by atoms with E-state index in [0.717, 1.165) is 11.5 Å². The molecule has 1 N–H and O–H groups in total. The van der Waals surface area contributed by atoms with E-state index in [2.05, 4.69) is 5.32 Å². The molecule has 0 spiro atoms. The summed E-state index contributed by atoms with van der Waals surface area (Å²) in [7, 11) is 0. The number of hydrogen-bond acceptors (Lipinski definition) is 4. The van der Waals surface area contributed by atoms with Crippen LogP contribution >= 0.6 is 11.8 Å². The number of carbonyl (C=O) groups is 1. The van der Waals surface area contributed by atoms with Crippen molar-refractivity contribution in [2.45, 2.75) is 26.7 Å². The molecule has 1 aromatic rings. The number of anilines is 1. The zero-order chi connectivity index (χ0) is 14.3. The third kappa shape index (κ3) is 4.90. The molecule has 0 radical (unpaired) electrons. The fourth-order valence-corrected chi connectivity index (χ4v) is 2.26. The van der Waals surface area contributed by atoms with Crippen LogP contribution in [0.25, 0.3) is 0 Å². The highest BCUT2D eigenvalue weighted by atomic mass is 32.2. The molecule has 0 saturated heterocycles. The Hall–Kier alpha value is -1.56. The van der Waals surface area contributed by atoms with Crippen molar-refractivity contribution in [3.8, 4) is 0 Å². The predicted molar refractivity (Wildman–Crippen MR) is 78.7 cm³/mol. The summed E-state index contributed by atoms with van der Waals surface area (Å²) >= 11 is 1.69. The van der Waals surface area contributed by atoms with Crippen LogP contribution in [0, 0.1) is 10.1 Å². The van der Waals surface area contributed by atoms with Gasteiger partial charge in [0.2, 0.25) is 5.91 Å². The summed E-state index contributed by atoms with van der Waals surface area (Å²) in [4.78, 5) is 22.1. The van der Waals surface area contributed by atoms with Crippen LogP contribution in [0.2, 0.25) is 0 Å². The Morgan fingerprint density at radius 1 is 1.42 bits per heavy atom. The third-order valence-electron chi connectivity index (χ3n) is 2.62. The summed E-state index contributed by atoms with van der Waals surface area (Å²) in [6.07, 6.45) is 1.01. The minimum absolute atomic E-state index is 0.0585. The van der Waals surface area contributed by atoms with E-state index in [-0.39, 0.29) is 11.6 Å². The van der Waals surface area contributed by atoms with E-state index in [1.54, 1.807) is 23.9 Å². The van der Waals surface area contributed by atoms with Gasteiger partial charge in [-0.05, 0) is 18.2 Å². The summed E-state index contributed by atoms with van der Waals surface area (Å²) in [5.41, 5.74) is 1.21. The molecule has 5 nitrogen and oxygen atoms in total. The van der Waals surface area contributed by atoms with Gasteiger partial charge in [-0.3, -0.25) is 14.9 Å². The van der Waals surface area contributed by atoms with Crippen molar-refractivity contribution >= 4 is 29.0 Å². The van der Waals surface area contributed by atoms with Crippen LogP contribution in [0.15, 0.2) is 18.2 Å². The lowest BCUT2D eigenvalue weighted by Crippen LogP contribution is -2.12. The van der Waals surface area contributed by atoms with E-state index >= 15 is 0 Å². The van der Waals surface area contributed by atoms with Gasteiger partial charge in [-0.2, -0.15) is 11.8 Å². The van der Waals surface area contributed by atoms with Gasteiger partial charge in [0.05, 0.1) is 4.92 Å². The van der Waals surface area contributed by atoms with Gasteiger partial charge in [0.25, 0.3) is 5.69 Å². The molecule has 0 atom stereocenters. The van der Waals surface area contributed by atoms with Crippen molar-refractivity contribution < 1.29 is 9.72 Å². The second-order valence-corrected chi connectivity index (χ2v) is 5.34. The Labute approximate surface area is 116 Å². The summed E-state index contributed by atoms with van der Waals surface area (Å²) in [5.74, 6) is 1.63. The number of aryl methyl sites for hydroxylation is 1. The van der Waals surface area contributed by atoms with Gasteiger partial charge in [-0.1, -0.05) is 19.9 Å². The van der Waals surface area contributed by atoms with Crippen LogP contribution in [-0.4, -0.2) is 22.3 Å². The maximum absolute atomic E-state index is 11.6. The minimum Gasteiger partial charge on any atom is -0.326 e. The lowest BCUT2D eigenvalue weighted by Gasteiger charge is -2.06. The largest absolute Gasteiger partial charge is 0.326 e. The molecule has 0 aliphatic heterocycles. The van der Waals surface area contributed by atoms with Crippen molar-refractivity contribution in [1.82, 2.24) is 0 Å². The molecule has 0 aliphatic rings. The van der Waals surface area contributed by atoms with Crippen LogP contribution in [0.3, 0.4) is 0 Å². The Kier molecular flexibility index (Phi) is 6.35. The van der Waals surface area contributed by atoms with E-state index in [4.69, 9.17) is 0 Å². The molecule has 0 aliphatic carbocycles. The average Bonchev–Trinajstić information content (AvgIpc) is 2.39. The summed E-state index contributed by atoms with van der Waals surface area (Å²) in [6, 6.07) is 4.81. The Morgan fingerprint density at radius 3 is 2.74 bits per heavy atom. The third-order valence-corrected chi connectivity index (χ3v) is 3.53. The van der Waals surface area contributed by atoms with Crippen molar-refractivity contribution in [2.75, 3.05) is 16.8 Å². The van der Waals surface area contributed by atoms with E-state index < -0.39 is 4.92 Å². The second-order valence-electron chi connectivity index (χ2n) is 3.95. The molecule has 0 heterocycles. The zero-order valence-corrected chi connectivity index (χ0v) is 12.0. The minimum atomic E-state index is -0.415. The number of nitrogens with one attached hydrogen (secondary N) is 1. The van der Waals surface area contributed by atoms with Gasteiger partial charge in [-0.25, -0.2) is 0 Å². The maximum Gasteiger partial charge on any atom is 0.274 e. The standard InChI is InChI=1S/C13H18N2O3S/c1-3-10-5-6-11(9-12(10)15(17)18)14-13(16)7-8-19-4-2/h5-6,9H,3-4,7-8H2,1-2H3,(H,14,16). The first-order valence-corrected chi connectivity index (χ1v) is 7.38. The molecule has 104 valence electrons. The fourth-order valence-electron chi connectivity index (χ4n) is 1.64. The fraction of sp³-hybridized carbons (Fsp3) is 0.462. The highest BCUT2D eigenvalue weighted by Crippen LogP contribution is 2.23. The Bertz CT molecular complexity index is 463. The highest BCUT2D eigenvalue weighted by Gasteiger charge is 2.13. The number of rotatable bonds is 7. The number of benzene rings is 1. The lowest BCUT2D eigenvalue weighted by atomic mass is 10.1. The van der Waals surface area contributed by atoms with Crippen LogP contribution in [0.5, 0.6) is 0 Å². The number of hydrogen-bond donors (Lipinski definition) is 1. The van der Waals surface area contributed by atoms with Crippen molar-refractivity contribution in [2.24, 2.45) is 0 Å². The van der Waals surface area contributed by atoms with Crippen molar-refractivity contribution in [3.63, 3.8) is 0 Å². The first-order chi connectivity index (χ1) is 9.08. The topological polar surface area (TPSA) is 72.2 Å². The van der Waals surface area contributed by atoms with Gasteiger partial charge in [0, 0.05) is 29.5 Å². The summed E-state index contributed by atoms with van der Waals surface area (Å²) < 4.78 is 0. The molecule has 1 rings (SSSR count). The van der Waals surface area contributed by atoms with Gasteiger partial charge < -0.3 is 5.32 Å². The second kappa shape index (κ2) is 7.78. The first-order valence-electron chi connectivity index (χ1n) is 6.23. The molecular weight excluding hydrogens is 264 g/mol. The van der Waals surface area contributed by atoms with E-state index in [1.165, 1.54) is 6.07 Å². The molecule has 0 unspecified atom stereocenters. The Balaban J connectivity index is 2.71. The van der Waals surface area contributed by atoms with E-state index in [1.807, 2.05) is 13.8 Å². The number of amides is 1. The number of carbonyl (C=O) groups excluding carboxylic acids is 1. The van der Waals surface area contributed by atoms with Gasteiger partial charge in [0.1, 0.15) is 0 Å². The molecule has 0 fully saturated rings. The van der Waals surface area contributed by atoms with Crippen LogP contribution in [0.1, 0.15) is 25.8 Å². The van der Waals surface area contributed by atoms with Gasteiger partial charge in [0.15, 0.2) is 0 Å². The zero-order valence-electron chi connectivity index (χ0n) is 11.1. The first kappa shape index (κ1) is 15.5. The number of nitro groups is 1. The van der Waals surface area contributed by atoms with E-state index in [0.29, 0.717) is 24.1 Å². The van der Waals surface area contributed by atoms with Gasteiger partial charge in [-0.15, -0.1) is 0 Å².